The van der Waals surface area contributed by atoms with Crippen LogP contribution in [0.3, 0.4) is 0 Å². The standard InChI is InChI=1S/C16H22N2O2/c1-2-20-15-5-3-12(4-6-15)7-16(19)18-10-13-8-17-9-14(13)11-18/h3-6,13-14,17H,2,7-11H2,1H3/t13-,14+. The summed E-state index contributed by atoms with van der Waals surface area (Å²) in [6.45, 7) is 6.62. The zero-order valence-corrected chi connectivity index (χ0v) is 12.0. The minimum Gasteiger partial charge on any atom is -0.494 e. The van der Waals surface area contributed by atoms with E-state index in [1.807, 2.05) is 36.1 Å². The Balaban J connectivity index is 1.56. The summed E-state index contributed by atoms with van der Waals surface area (Å²) in [7, 11) is 0. The highest BCUT2D eigenvalue weighted by atomic mass is 16.5. The molecule has 1 N–H and O–H groups in total. The fourth-order valence-corrected chi connectivity index (χ4v) is 3.22. The molecule has 0 aliphatic carbocycles. The number of fused-ring (bicyclic) bond motifs is 1. The summed E-state index contributed by atoms with van der Waals surface area (Å²) in [6, 6.07) is 7.85. The van der Waals surface area contributed by atoms with Crippen molar-refractivity contribution in [2.45, 2.75) is 13.3 Å². The topological polar surface area (TPSA) is 41.6 Å². The molecule has 1 aromatic carbocycles. The van der Waals surface area contributed by atoms with Crippen LogP contribution in [0.2, 0.25) is 0 Å². The van der Waals surface area contributed by atoms with Crippen molar-refractivity contribution in [2.75, 3.05) is 32.8 Å². The van der Waals surface area contributed by atoms with E-state index in [4.69, 9.17) is 4.74 Å². The van der Waals surface area contributed by atoms with E-state index >= 15 is 0 Å². The maximum atomic E-state index is 12.3. The second kappa shape index (κ2) is 5.83. The van der Waals surface area contributed by atoms with E-state index in [-0.39, 0.29) is 5.91 Å². The molecule has 0 unspecified atom stereocenters. The van der Waals surface area contributed by atoms with Crippen LogP contribution in [0.4, 0.5) is 0 Å². The van der Waals surface area contributed by atoms with Crippen LogP contribution in [-0.4, -0.2) is 43.6 Å². The number of hydrogen-bond donors (Lipinski definition) is 1. The van der Waals surface area contributed by atoms with Gasteiger partial charge in [0, 0.05) is 26.2 Å². The highest BCUT2D eigenvalue weighted by Crippen LogP contribution is 2.26. The molecule has 2 atom stereocenters. The molecular formula is C16H22N2O2. The highest BCUT2D eigenvalue weighted by molar-refractivity contribution is 5.79. The fraction of sp³-hybridized carbons (Fsp3) is 0.562. The van der Waals surface area contributed by atoms with Crippen LogP contribution in [-0.2, 0) is 11.2 Å². The molecule has 2 saturated heterocycles. The van der Waals surface area contributed by atoms with Crippen molar-refractivity contribution in [3.63, 3.8) is 0 Å². The highest BCUT2D eigenvalue weighted by Gasteiger charge is 2.37. The third-order valence-corrected chi connectivity index (χ3v) is 4.33. The summed E-state index contributed by atoms with van der Waals surface area (Å²) in [6.07, 6.45) is 0.499. The fourth-order valence-electron chi connectivity index (χ4n) is 3.22. The number of rotatable bonds is 4. The molecule has 0 radical (unpaired) electrons. The third-order valence-electron chi connectivity index (χ3n) is 4.33. The smallest absolute Gasteiger partial charge is 0.227 e. The van der Waals surface area contributed by atoms with Crippen molar-refractivity contribution in [3.05, 3.63) is 29.8 Å². The zero-order chi connectivity index (χ0) is 13.9. The maximum absolute atomic E-state index is 12.3. The van der Waals surface area contributed by atoms with Crippen molar-refractivity contribution in [1.29, 1.82) is 0 Å². The summed E-state index contributed by atoms with van der Waals surface area (Å²) >= 11 is 0. The maximum Gasteiger partial charge on any atom is 0.227 e. The first kappa shape index (κ1) is 13.4. The Kier molecular flexibility index (Phi) is 3.92. The molecule has 2 aliphatic heterocycles. The van der Waals surface area contributed by atoms with Crippen LogP contribution in [0.5, 0.6) is 5.75 Å². The lowest BCUT2D eigenvalue weighted by Gasteiger charge is -2.17. The third kappa shape index (κ3) is 2.80. The number of carbonyl (C=O) groups excluding carboxylic acids is 1. The predicted octanol–water partition coefficient (Wildman–Crippen LogP) is 1.31. The van der Waals surface area contributed by atoms with Gasteiger partial charge in [0.2, 0.25) is 5.91 Å². The zero-order valence-electron chi connectivity index (χ0n) is 12.0. The summed E-state index contributed by atoms with van der Waals surface area (Å²) < 4.78 is 5.41. The Morgan fingerprint density at radius 2 is 1.90 bits per heavy atom. The molecule has 1 amide bonds. The van der Waals surface area contributed by atoms with Gasteiger partial charge in [0.15, 0.2) is 0 Å². The van der Waals surface area contributed by atoms with Gasteiger partial charge in [-0.05, 0) is 36.5 Å². The molecule has 1 aromatic rings. The van der Waals surface area contributed by atoms with Gasteiger partial charge in [0.1, 0.15) is 5.75 Å². The van der Waals surface area contributed by atoms with Gasteiger partial charge >= 0.3 is 0 Å². The molecule has 2 fully saturated rings. The molecule has 0 spiro atoms. The van der Waals surface area contributed by atoms with Crippen LogP contribution >= 0.6 is 0 Å². The normalized spacial score (nSPS) is 24.8. The number of carbonyl (C=O) groups is 1. The van der Waals surface area contributed by atoms with Gasteiger partial charge in [0.05, 0.1) is 13.0 Å². The monoisotopic (exact) mass is 274 g/mol. The van der Waals surface area contributed by atoms with Gasteiger partial charge in [-0.3, -0.25) is 4.79 Å². The number of ether oxygens (including phenoxy) is 1. The molecule has 3 rings (SSSR count). The average Bonchev–Trinajstić information content (AvgIpc) is 3.02. The molecule has 4 heteroatoms. The van der Waals surface area contributed by atoms with E-state index in [0.29, 0.717) is 24.9 Å². The van der Waals surface area contributed by atoms with Crippen molar-refractivity contribution in [1.82, 2.24) is 10.2 Å². The second-order valence-corrected chi connectivity index (χ2v) is 5.73. The van der Waals surface area contributed by atoms with E-state index in [9.17, 15) is 4.79 Å². The van der Waals surface area contributed by atoms with Crippen molar-refractivity contribution in [2.24, 2.45) is 11.8 Å². The van der Waals surface area contributed by atoms with Crippen LogP contribution in [0.15, 0.2) is 24.3 Å². The van der Waals surface area contributed by atoms with Gasteiger partial charge in [-0.1, -0.05) is 12.1 Å². The summed E-state index contributed by atoms with van der Waals surface area (Å²) in [5, 5.41) is 3.40. The number of nitrogens with zero attached hydrogens (tertiary/aromatic N) is 1. The summed E-state index contributed by atoms with van der Waals surface area (Å²) in [5.41, 5.74) is 1.06. The molecule has 20 heavy (non-hydrogen) atoms. The van der Waals surface area contributed by atoms with Crippen LogP contribution in [0, 0.1) is 11.8 Å². The van der Waals surface area contributed by atoms with Crippen LogP contribution < -0.4 is 10.1 Å². The Morgan fingerprint density at radius 3 is 2.50 bits per heavy atom. The van der Waals surface area contributed by atoms with E-state index < -0.39 is 0 Å². The molecule has 2 heterocycles. The largest absolute Gasteiger partial charge is 0.494 e. The molecule has 0 bridgehead atoms. The Morgan fingerprint density at radius 1 is 1.25 bits per heavy atom. The summed E-state index contributed by atoms with van der Waals surface area (Å²) in [4.78, 5) is 14.4. The number of benzene rings is 1. The SMILES string of the molecule is CCOc1ccc(CC(=O)N2C[C@H]3CNC[C@H]3C2)cc1. The average molecular weight is 274 g/mol. The predicted molar refractivity (Wildman–Crippen MR) is 77.7 cm³/mol. The first-order valence-corrected chi connectivity index (χ1v) is 7.46. The van der Waals surface area contributed by atoms with Gasteiger partial charge in [0.25, 0.3) is 0 Å². The lowest BCUT2D eigenvalue weighted by atomic mass is 10.0. The molecule has 108 valence electrons. The van der Waals surface area contributed by atoms with Gasteiger partial charge in [-0.15, -0.1) is 0 Å². The van der Waals surface area contributed by atoms with Crippen molar-refractivity contribution >= 4 is 5.91 Å². The minimum atomic E-state index is 0.253. The quantitative estimate of drug-likeness (QED) is 0.900. The Labute approximate surface area is 120 Å². The van der Waals surface area contributed by atoms with E-state index in [0.717, 1.165) is 37.5 Å². The van der Waals surface area contributed by atoms with Gasteiger partial charge in [-0.2, -0.15) is 0 Å². The number of amides is 1. The molecule has 0 aromatic heterocycles. The first-order chi connectivity index (χ1) is 9.76. The molecular weight excluding hydrogens is 252 g/mol. The Bertz CT molecular complexity index is 460. The van der Waals surface area contributed by atoms with Crippen molar-refractivity contribution < 1.29 is 9.53 Å². The summed E-state index contributed by atoms with van der Waals surface area (Å²) in [5.74, 6) is 2.45. The van der Waals surface area contributed by atoms with Gasteiger partial charge < -0.3 is 15.0 Å². The minimum absolute atomic E-state index is 0.253. The second-order valence-electron chi connectivity index (χ2n) is 5.73. The molecule has 4 nitrogen and oxygen atoms in total. The van der Waals surface area contributed by atoms with Crippen LogP contribution in [0.25, 0.3) is 0 Å². The lowest BCUT2D eigenvalue weighted by molar-refractivity contribution is -0.129. The first-order valence-electron chi connectivity index (χ1n) is 7.46. The van der Waals surface area contributed by atoms with E-state index in [2.05, 4.69) is 5.32 Å². The van der Waals surface area contributed by atoms with E-state index in [1.165, 1.54) is 0 Å². The van der Waals surface area contributed by atoms with E-state index in [1.54, 1.807) is 0 Å². The molecule has 2 aliphatic rings. The number of nitrogens with one attached hydrogen (secondary N) is 1. The number of hydrogen-bond acceptors (Lipinski definition) is 3. The molecule has 0 saturated carbocycles. The van der Waals surface area contributed by atoms with Crippen LogP contribution in [0.1, 0.15) is 12.5 Å². The van der Waals surface area contributed by atoms with Gasteiger partial charge in [-0.25, -0.2) is 0 Å². The number of likely N-dealkylation sites (tertiary alicyclic amines) is 1. The Hall–Kier alpha value is -1.55. The lowest BCUT2D eigenvalue weighted by Crippen LogP contribution is -2.32. The van der Waals surface area contributed by atoms with Crippen molar-refractivity contribution in [3.8, 4) is 5.75 Å².